The molecule has 0 aliphatic rings. The van der Waals surface area contributed by atoms with Gasteiger partial charge >= 0.3 is 6.36 Å². The number of hydrogen-bond acceptors (Lipinski definition) is 5. The van der Waals surface area contributed by atoms with E-state index in [0.29, 0.717) is 35.3 Å². The lowest BCUT2D eigenvalue weighted by Crippen LogP contribution is -2.37. The van der Waals surface area contributed by atoms with Crippen molar-refractivity contribution in [3.63, 3.8) is 0 Å². The van der Waals surface area contributed by atoms with E-state index in [-0.39, 0.29) is 18.8 Å². The van der Waals surface area contributed by atoms with Gasteiger partial charge in [-0.25, -0.2) is 4.99 Å². The second-order valence-electron chi connectivity index (χ2n) is 6.24. The van der Waals surface area contributed by atoms with Crippen LogP contribution in [0.1, 0.15) is 18.1 Å². The number of nitrogens with one attached hydrogen (secondary N) is 2. The van der Waals surface area contributed by atoms with E-state index in [1.807, 2.05) is 6.92 Å². The number of aliphatic imine (C=N–C) groups is 1. The Hall–Kier alpha value is -3.30. The summed E-state index contributed by atoms with van der Waals surface area (Å²) in [4.78, 5) is 4.49. The zero-order valence-electron chi connectivity index (χ0n) is 17.8. The molecule has 0 bridgehead atoms. The molecule has 31 heavy (non-hydrogen) atoms. The minimum atomic E-state index is -4.76. The Bertz CT molecular complexity index is 863. The van der Waals surface area contributed by atoms with Gasteiger partial charge in [-0.2, -0.15) is 0 Å². The number of rotatable bonds is 9. The summed E-state index contributed by atoms with van der Waals surface area (Å²) >= 11 is 0. The fourth-order valence-electron chi connectivity index (χ4n) is 2.79. The largest absolute Gasteiger partial charge is 0.573 e. The molecule has 2 N–H and O–H groups in total. The molecule has 0 heterocycles. The third-order valence-corrected chi connectivity index (χ3v) is 4.13. The third-order valence-electron chi connectivity index (χ3n) is 4.13. The molecule has 0 saturated carbocycles. The van der Waals surface area contributed by atoms with E-state index in [4.69, 9.17) is 14.2 Å². The van der Waals surface area contributed by atoms with Gasteiger partial charge < -0.3 is 29.6 Å². The number of guanidine groups is 1. The second kappa shape index (κ2) is 11.2. The van der Waals surface area contributed by atoms with Crippen molar-refractivity contribution in [3.8, 4) is 23.0 Å². The van der Waals surface area contributed by atoms with Crippen molar-refractivity contribution < 1.29 is 32.1 Å². The molecule has 0 radical (unpaired) electrons. The standard InChI is InChI=1S/C21H26F3N3O4/c1-5-25-20(27-13-15-8-6-7-9-16(15)31-21(22,23)24)26-12-14-10-17(28-2)19(30-4)18(11-14)29-3/h6-11H,5,12-13H2,1-4H3,(H2,25,26,27). The SMILES string of the molecule is CCNC(=NCc1cc(OC)c(OC)c(OC)c1)NCc1ccccc1OC(F)(F)F. The van der Waals surface area contributed by atoms with Gasteiger partial charge in [0.15, 0.2) is 17.5 Å². The fraction of sp³-hybridized carbons (Fsp3) is 0.381. The van der Waals surface area contributed by atoms with E-state index >= 15 is 0 Å². The van der Waals surface area contributed by atoms with Crippen molar-refractivity contribution >= 4 is 5.96 Å². The molecule has 0 unspecified atom stereocenters. The number of nitrogens with zero attached hydrogens (tertiary/aromatic N) is 1. The van der Waals surface area contributed by atoms with E-state index in [0.717, 1.165) is 5.56 Å². The molecule has 10 heteroatoms. The zero-order chi connectivity index (χ0) is 22.9. The van der Waals surface area contributed by atoms with Crippen LogP contribution in [0, 0.1) is 0 Å². The molecule has 170 valence electrons. The van der Waals surface area contributed by atoms with Gasteiger partial charge in [0, 0.05) is 18.7 Å². The van der Waals surface area contributed by atoms with Gasteiger partial charge in [-0.15, -0.1) is 13.2 Å². The van der Waals surface area contributed by atoms with Crippen molar-refractivity contribution in [3.05, 3.63) is 47.5 Å². The highest BCUT2D eigenvalue weighted by Gasteiger charge is 2.31. The molecule has 0 aromatic heterocycles. The number of methoxy groups -OCH3 is 3. The maximum atomic E-state index is 12.6. The highest BCUT2D eigenvalue weighted by molar-refractivity contribution is 5.79. The van der Waals surface area contributed by atoms with Crippen LogP contribution >= 0.6 is 0 Å². The summed E-state index contributed by atoms with van der Waals surface area (Å²) in [6, 6.07) is 9.50. The summed E-state index contributed by atoms with van der Waals surface area (Å²) in [7, 11) is 4.57. The molecule has 0 spiro atoms. The summed E-state index contributed by atoms with van der Waals surface area (Å²) in [6.07, 6.45) is -4.76. The number of alkyl halides is 3. The lowest BCUT2D eigenvalue weighted by atomic mass is 10.2. The molecule has 0 amide bonds. The van der Waals surface area contributed by atoms with Crippen molar-refractivity contribution in [2.45, 2.75) is 26.4 Å². The molecular weight excluding hydrogens is 415 g/mol. The Labute approximate surface area is 179 Å². The average Bonchev–Trinajstić information content (AvgIpc) is 2.74. The van der Waals surface area contributed by atoms with E-state index in [9.17, 15) is 13.2 Å². The van der Waals surface area contributed by atoms with Crippen LogP contribution in [0.5, 0.6) is 23.0 Å². The van der Waals surface area contributed by atoms with E-state index in [1.165, 1.54) is 33.5 Å². The van der Waals surface area contributed by atoms with E-state index < -0.39 is 6.36 Å². The van der Waals surface area contributed by atoms with Gasteiger partial charge in [0.2, 0.25) is 5.75 Å². The minimum absolute atomic E-state index is 0.0906. The Morgan fingerprint density at radius 1 is 0.935 bits per heavy atom. The highest BCUT2D eigenvalue weighted by Crippen LogP contribution is 2.38. The first-order chi connectivity index (χ1) is 14.8. The minimum Gasteiger partial charge on any atom is -0.493 e. The Kier molecular flexibility index (Phi) is 8.65. The lowest BCUT2D eigenvalue weighted by Gasteiger charge is -2.16. The van der Waals surface area contributed by atoms with Gasteiger partial charge in [0.25, 0.3) is 0 Å². The smallest absolute Gasteiger partial charge is 0.493 e. The summed E-state index contributed by atoms with van der Waals surface area (Å²) in [5.41, 5.74) is 1.14. The van der Waals surface area contributed by atoms with Crippen molar-refractivity contribution in [2.24, 2.45) is 4.99 Å². The van der Waals surface area contributed by atoms with E-state index in [2.05, 4.69) is 20.4 Å². The van der Waals surface area contributed by atoms with Gasteiger partial charge in [-0.05, 0) is 30.7 Å². The molecule has 0 aliphatic carbocycles. The van der Waals surface area contributed by atoms with Gasteiger partial charge in [0.1, 0.15) is 5.75 Å². The molecule has 0 saturated heterocycles. The van der Waals surface area contributed by atoms with Crippen LogP contribution in [-0.4, -0.2) is 40.2 Å². The topological polar surface area (TPSA) is 73.3 Å². The fourth-order valence-corrected chi connectivity index (χ4v) is 2.79. The maximum Gasteiger partial charge on any atom is 0.573 e. The van der Waals surface area contributed by atoms with Crippen LogP contribution in [-0.2, 0) is 13.1 Å². The van der Waals surface area contributed by atoms with Crippen LogP contribution in [0.25, 0.3) is 0 Å². The molecule has 0 atom stereocenters. The monoisotopic (exact) mass is 441 g/mol. The summed E-state index contributed by atoms with van der Waals surface area (Å²) < 4.78 is 57.9. The predicted molar refractivity (Wildman–Crippen MR) is 111 cm³/mol. The second-order valence-corrected chi connectivity index (χ2v) is 6.24. The quantitative estimate of drug-likeness (QED) is 0.455. The summed E-state index contributed by atoms with van der Waals surface area (Å²) in [6.45, 7) is 2.82. The van der Waals surface area contributed by atoms with Gasteiger partial charge in [0.05, 0.1) is 27.9 Å². The van der Waals surface area contributed by atoms with Crippen molar-refractivity contribution in [1.29, 1.82) is 0 Å². The van der Waals surface area contributed by atoms with Crippen molar-refractivity contribution in [2.75, 3.05) is 27.9 Å². The average molecular weight is 441 g/mol. The third kappa shape index (κ3) is 7.16. The number of ether oxygens (including phenoxy) is 4. The Morgan fingerprint density at radius 3 is 2.13 bits per heavy atom. The number of hydrogen-bond donors (Lipinski definition) is 2. The normalized spacial score (nSPS) is 11.6. The Morgan fingerprint density at radius 2 is 1.58 bits per heavy atom. The van der Waals surface area contributed by atoms with Crippen LogP contribution in [0.15, 0.2) is 41.4 Å². The molecule has 0 aliphatic heterocycles. The molecule has 0 fully saturated rings. The number of para-hydroxylation sites is 1. The van der Waals surface area contributed by atoms with Gasteiger partial charge in [-0.3, -0.25) is 0 Å². The molecule has 2 aromatic carbocycles. The molecule has 7 nitrogen and oxygen atoms in total. The Balaban J connectivity index is 2.17. The molecular formula is C21H26F3N3O4. The van der Waals surface area contributed by atoms with E-state index in [1.54, 1.807) is 24.3 Å². The highest BCUT2D eigenvalue weighted by atomic mass is 19.4. The van der Waals surface area contributed by atoms with Gasteiger partial charge in [-0.1, -0.05) is 18.2 Å². The maximum absolute atomic E-state index is 12.6. The summed E-state index contributed by atoms with van der Waals surface area (Å²) in [5, 5.41) is 6.08. The predicted octanol–water partition coefficient (Wildman–Crippen LogP) is 3.87. The van der Waals surface area contributed by atoms with Crippen molar-refractivity contribution in [1.82, 2.24) is 10.6 Å². The molecule has 2 aromatic rings. The van der Waals surface area contributed by atoms with Crippen LogP contribution in [0.2, 0.25) is 0 Å². The molecule has 2 rings (SSSR count). The number of halogens is 3. The first-order valence-corrected chi connectivity index (χ1v) is 9.46. The first kappa shape index (κ1) is 24.0. The lowest BCUT2D eigenvalue weighted by molar-refractivity contribution is -0.274. The summed E-state index contributed by atoms with van der Waals surface area (Å²) in [5.74, 6) is 1.65. The first-order valence-electron chi connectivity index (χ1n) is 9.46. The number of benzene rings is 2. The van der Waals surface area contributed by atoms with Crippen LogP contribution < -0.4 is 29.6 Å². The van der Waals surface area contributed by atoms with Crippen LogP contribution in [0.4, 0.5) is 13.2 Å². The zero-order valence-corrected chi connectivity index (χ0v) is 17.8. The van der Waals surface area contributed by atoms with Crippen LogP contribution in [0.3, 0.4) is 0 Å².